The first-order valence-electron chi connectivity index (χ1n) is 4.20. The summed E-state index contributed by atoms with van der Waals surface area (Å²) >= 11 is 1.63. The average molecular weight is 198 g/mol. The summed E-state index contributed by atoms with van der Waals surface area (Å²) in [5.74, 6) is -0.110. The second-order valence-electron chi connectivity index (χ2n) is 3.03. The van der Waals surface area contributed by atoms with Crippen LogP contribution in [0.5, 0.6) is 0 Å². The minimum Gasteiger partial charge on any atom is -0.347 e. The van der Waals surface area contributed by atoms with Crippen LogP contribution in [0.1, 0.15) is 24.8 Å². The molecular weight excluding hydrogens is 184 g/mol. The number of hydrogen-bond acceptors (Lipinski definition) is 3. The van der Waals surface area contributed by atoms with Crippen molar-refractivity contribution in [2.75, 3.05) is 0 Å². The Morgan fingerprint density at radius 3 is 2.77 bits per heavy atom. The van der Waals surface area contributed by atoms with Gasteiger partial charge in [-0.2, -0.15) is 0 Å². The molecule has 0 radical (unpaired) electrons. The largest absolute Gasteiger partial charge is 0.347 e. The zero-order chi connectivity index (χ0) is 9.84. The van der Waals surface area contributed by atoms with Gasteiger partial charge < -0.3 is 11.1 Å². The number of carbonyl (C=O) groups is 1. The second-order valence-corrected chi connectivity index (χ2v) is 4.01. The number of nitrogens with two attached hydrogens (primary N) is 1. The molecule has 1 rings (SSSR count). The molecule has 0 aliphatic carbocycles. The fourth-order valence-corrected chi connectivity index (χ4v) is 1.69. The fourth-order valence-electron chi connectivity index (χ4n) is 0.954. The smallest absolute Gasteiger partial charge is 0.237 e. The fraction of sp³-hybridized carbons (Fsp3) is 0.444. The first-order chi connectivity index (χ1) is 6.11. The van der Waals surface area contributed by atoms with Crippen molar-refractivity contribution in [3.05, 3.63) is 22.4 Å². The summed E-state index contributed by atoms with van der Waals surface area (Å²) in [5.41, 5.74) is 5.43. The lowest BCUT2D eigenvalue weighted by Crippen LogP contribution is -2.39. The number of amides is 1. The first-order valence-corrected chi connectivity index (χ1v) is 5.08. The number of hydrogen-bond donors (Lipinski definition) is 2. The van der Waals surface area contributed by atoms with Gasteiger partial charge in [-0.05, 0) is 25.3 Å². The third-order valence-corrected chi connectivity index (χ3v) is 2.80. The summed E-state index contributed by atoms with van der Waals surface area (Å²) in [6.07, 6.45) is 0. The van der Waals surface area contributed by atoms with Crippen molar-refractivity contribution < 1.29 is 4.79 Å². The molecule has 1 heterocycles. The maximum Gasteiger partial charge on any atom is 0.237 e. The molecule has 1 aromatic heterocycles. The molecule has 0 saturated heterocycles. The Balaban J connectivity index is 2.51. The highest BCUT2D eigenvalue weighted by Crippen LogP contribution is 2.17. The second kappa shape index (κ2) is 4.39. The first kappa shape index (κ1) is 10.2. The molecular formula is C9H14N2OS. The van der Waals surface area contributed by atoms with E-state index in [1.165, 1.54) is 0 Å². The molecule has 13 heavy (non-hydrogen) atoms. The van der Waals surface area contributed by atoms with Crippen LogP contribution < -0.4 is 11.1 Å². The van der Waals surface area contributed by atoms with E-state index >= 15 is 0 Å². The van der Waals surface area contributed by atoms with Crippen molar-refractivity contribution in [3.8, 4) is 0 Å². The summed E-state index contributed by atoms with van der Waals surface area (Å²) in [7, 11) is 0. The van der Waals surface area contributed by atoms with Gasteiger partial charge in [0, 0.05) is 4.88 Å². The third-order valence-electron chi connectivity index (χ3n) is 1.74. The zero-order valence-electron chi connectivity index (χ0n) is 7.78. The van der Waals surface area contributed by atoms with Crippen LogP contribution in [0.15, 0.2) is 17.5 Å². The molecule has 72 valence electrons. The van der Waals surface area contributed by atoms with Crippen molar-refractivity contribution in [1.29, 1.82) is 0 Å². The van der Waals surface area contributed by atoms with E-state index in [4.69, 9.17) is 5.73 Å². The van der Waals surface area contributed by atoms with E-state index in [-0.39, 0.29) is 11.9 Å². The minimum absolute atomic E-state index is 0.0542. The number of carbonyl (C=O) groups excluding carboxylic acids is 1. The lowest BCUT2D eigenvalue weighted by molar-refractivity contribution is -0.122. The normalized spacial score (nSPS) is 15.0. The van der Waals surface area contributed by atoms with E-state index in [1.807, 2.05) is 24.4 Å². The van der Waals surface area contributed by atoms with E-state index in [2.05, 4.69) is 5.32 Å². The highest BCUT2D eigenvalue weighted by molar-refractivity contribution is 7.10. The summed E-state index contributed by atoms with van der Waals surface area (Å²) in [4.78, 5) is 12.4. The van der Waals surface area contributed by atoms with Gasteiger partial charge in [0.05, 0.1) is 12.1 Å². The summed E-state index contributed by atoms with van der Waals surface area (Å²) < 4.78 is 0. The molecule has 2 atom stereocenters. The van der Waals surface area contributed by atoms with Gasteiger partial charge in [-0.25, -0.2) is 0 Å². The van der Waals surface area contributed by atoms with Crippen molar-refractivity contribution in [2.24, 2.45) is 5.73 Å². The summed E-state index contributed by atoms with van der Waals surface area (Å²) in [5, 5.41) is 4.82. The Hall–Kier alpha value is -0.870. The maximum atomic E-state index is 11.2. The lowest BCUT2D eigenvalue weighted by Gasteiger charge is -2.13. The van der Waals surface area contributed by atoms with Crippen molar-refractivity contribution in [2.45, 2.75) is 25.9 Å². The Labute approximate surface area is 81.9 Å². The maximum absolute atomic E-state index is 11.2. The Kier molecular flexibility index (Phi) is 3.45. The monoisotopic (exact) mass is 198 g/mol. The van der Waals surface area contributed by atoms with Gasteiger partial charge in [-0.3, -0.25) is 4.79 Å². The van der Waals surface area contributed by atoms with Crippen LogP contribution in [0.2, 0.25) is 0 Å². The molecule has 1 amide bonds. The number of thiophene rings is 1. The molecule has 1 aromatic rings. The van der Waals surface area contributed by atoms with E-state index < -0.39 is 6.04 Å². The Morgan fingerprint density at radius 1 is 1.62 bits per heavy atom. The van der Waals surface area contributed by atoms with Crippen LogP contribution in [0, 0.1) is 0 Å². The van der Waals surface area contributed by atoms with Crippen molar-refractivity contribution in [1.82, 2.24) is 5.32 Å². The Morgan fingerprint density at radius 2 is 2.31 bits per heavy atom. The van der Waals surface area contributed by atoms with Gasteiger partial charge >= 0.3 is 0 Å². The quantitative estimate of drug-likeness (QED) is 0.768. The summed E-state index contributed by atoms with van der Waals surface area (Å²) in [6, 6.07) is 3.58. The zero-order valence-corrected chi connectivity index (χ0v) is 8.60. The Bertz CT molecular complexity index is 269. The van der Waals surface area contributed by atoms with Crippen LogP contribution in [-0.2, 0) is 4.79 Å². The van der Waals surface area contributed by atoms with Gasteiger partial charge in [0.1, 0.15) is 0 Å². The van der Waals surface area contributed by atoms with Crippen molar-refractivity contribution in [3.63, 3.8) is 0 Å². The van der Waals surface area contributed by atoms with Crippen LogP contribution in [0.3, 0.4) is 0 Å². The van der Waals surface area contributed by atoms with Crippen LogP contribution in [-0.4, -0.2) is 11.9 Å². The van der Waals surface area contributed by atoms with E-state index in [0.717, 1.165) is 4.88 Å². The van der Waals surface area contributed by atoms with Crippen LogP contribution in [0.25, 0.3) is 0 Å². The molecule has 0 spiro atoms. The molecule has 0 aliphatic heterocycles. The highest BCUT2D eigenvalue weighted by Gasteiger charge is 2.12. The van der Waals surface area contributed by atoms with E-state index in [9.17, 15) is 4.79 Å². The number of nitrogens with one attached hydrogen (secondary N) is 1. The van der Waals surface area contributed by atoms with Gasteiger partial charge in [-0.15, -0.1) is 11.3 Å². The molecule has 3 nitrogen and oxygen atoms in total. The molecule has 0 aliphatic rings. The van der Waals surface area contributed by atoms with Crippen LogP contribution in [0.4, 0.5) is 0 Å². The van der Waals surface area contributed by atoms with Crippen molar-refractivity contribution >= 4 is 17.2 Å². The SMILES string of the molecule is CC(N)C(=O)N[C@@H](C)c1cccs1. The molecule has 0 aromatic carbocycles. The molecule has 3 N–H and O–H groups in total. The minimum atomic E-state index is -0.442. The van der Waals surface area contributed by atoms with Gasteiger partial charge in [-0.1, -0.05) is 6.07 Å². The molecule has 1 unspecified atom stereocenters. The molecule has 4 heteroatoms. The topological polar surface area (TPSA) is 55.1 Å². The van der Waals surface area contributed by atoms with Gasteiger partial charge in [0.25, 0.3) is 0 Å². The molecule has 0 fully saturated rings. The van der Waals surface area contributed by atoms with Gasteiger partial charge in [0.15, 0.2) is 0 Å². The third kappa shape index (κ3) is 2.82. The predicted molar refractivity (Wildman–Crippen MR) is 54.5 cm³/mol. The average Bonchev–Trinajstić information content (AvgIpc) is 2.55. The van der Waals surface area contributed by atoms with E-state index in [1.54, 1.807) is 18.3 Å². The molecule has 0 bridgehead atoms. The standard InChI is InChI=1S/C9H14N2OS/c1-6(10)9(12)11-7(2)8-4-3-5-13-8/h3-7H,10H2,1-2H3,(H,11,12)/t6?,7-/m0/s1. The lowest BCUT2D eigenvalue weighted by atomic mass is 10.2. The van der Waals surface area contributed by atoms with E-state index in [0.29, 0.717) is 0 Å². The van der Waals surface area contributed by atoms with Crippen LogP contribution >= 0.6 is 11.3 Å². The predicted octanol–water partition coefficient (Wildman–Crippen LogP) is 1.27. The highest BCUT2D eigenvalue weighted by atomic mass is 32.1. The number of rotatable bonds is 3. The summed E-state index contributed by atoms with van der Waals surface area (Å²) in [6.45, 7) is 3.63. The van der Waals surface area contributed by atoms with Gasteiger partial charge in [0.2, 0.25) is 5.91 Å². The molecule has 0 saturated carbocycles.